The molecule has 37 heavy (non-hydrogen) atoms. The highest BCUT2D eigenvalue weighted by atomic mass is 32.1. The molecule has 4 rings (SSSR count). The number of carbonyl (C=O) groups is 3. The summed E-state index contributed by atoms with van der Waals surface area (Å²) in [6.45, 7) is 7.86. The molecular formula is C27H35FN4O4S. The molecule has 2 fully saturated rings. The van der Waals surface area contributed by atoms with Gasteiger partial charge in [-0.05, 0) is 54.4 Å². The predicted octanol–water partition coefficient (Wildman–Crippen LogP) is 3.98. The summed E-state index contributed by atoms with van der Waals surface area (Å²) in [4.78, 5) is 46.5. The minimum atomic E-state index is -0.443. The number of likely N-dealkylation sites (tertiary alicyclic amines) is 1. The van der Waals surface area contributed by atoms with E-state index in [2.05, 4.69) is 31.1 Å². The largest absolute Gasteiger partial charge is 0.383 e. The second-order valence-electron chi connectivity index (χ2n) is 11.3. The number of aromatic nitrogens is 1. The number of nitrogens with zero attached hydrogens (tertiary/aromatic N) is 3. The van der Waals surface area contributed by atoms with Crippen molar-refractivity contribution >= 4 is 34.2 Å². The summed E-state index contributed by atoms with van der Waals surface area (Å²) in [6.07, 6.45) is 3.39. The first kappa shape index (κ1) is 27.2. The van der Waals surface area contributed by atoms with Crippen LogP contribution in [0.4, 0.5) is 9.52 Å². The lowest BCUT2D eigenvalue weighted by Crippen LogP contribution is -2.40. The maximum atomic E-state index is 13.2. The number of benzene rings is 1. The zero-order chi connectivity index (χ0) is 26.8. The van der Waals surface area contributed by atoms with Crippen LogP contribution in [-0.4, -0.2) is 71.9 Å². The minimum absolute atomic E-state index is 0.0743. The Bertz CT molecular complexity index is 1150. The molecule has 200 valence electrons. The number of methoxy groups -OCH3 is 1. The fourth-order valence-electron chi connectivity index (χ4n) is 6.01. The fourth-order valence-corrected chi connectivity index (χ4v) is 6.74. The van der Waals surface area contributed by atoms with Crippen LogP contribution in [0.2, 0.25) is 0 Å². The number of fused-ring (bicyclic) bond motifs is 2. The molecule has 1 saturated carbocycles. The van der Waals surface area contributed by atoms with E-state index < -0.39 is 17.6 Å². The van der Waals surface area contributed by atoms with E-state index in [9.17, 15) is 18.8 Å². The molecule has 1 aliphatic heterocycles. The van der Waals surface area contributed by atoms with Gasteiger partial charge in [0.05, 0.1) is 18.7 Å². The monoisotopic (exact) mass is 530 g/mol. The van der Waals surface area contributed by atoms with Crippen LogP contribution in [0.15, 0.2) is 29.6 Å². The van der Waals surface area contributed by atoms with E-state index in [0.717, 1.165) is 25.8 Å². The van der Waals surface area contributed by atoms with Gasteiger partial charge in [-0.15, -0.1) is 11.3 Å². The molecular weight excluding hydrogens is 495 g/mol. The molecule has 10 heteroatoms. The smallest absolute Gasteiger partial charge is 0.254 e. The summed E-state index contributed by atoms with van der Waals surface area (Å²) in [6, 6.07) is 5.45. The van der Waals surface area contributed by atoms with Crippen molar-refractivity contribution in [3.63, 3.8) is 0 Å². The van der Waals surface area contributed by atoms with Gasteiger partial charge in [-0.1, -0.05) is 20.8 Å². The zero-order valence-corrected chi connectivity index (χ0v) is 22.7. The molecule has 1 N–H and O–H groups in total. The molecule has 1 aromatic heterocycles. The van der Waals surface area contributed by atoms with Gasteiger partial charge in [-0.3, -0.25) is 14.4 Å². The van der Waals surface area contributed by atoms with E-state index in [4.69, 9.17) is 4.74 Å². The van der Waals surface area contributed by atoms with Crippen molar-refractivity contribution in [2.24, 2.45) is 10.8 Å². The summed E-state index contributed by atoms with van der Waals surface area (Å²) >= 11 is 1.25. The summed E-state index contributed by atoms with van der Waals surface area (Å²) in [5.74, 6) is -1.18. The SMILES string of the molecule is COCCN(CC(=O)Nc1nc(CC(=O)N2CC3(C)CC2CC(C)(C)C3)cs1)C(=O)c1ccc(F)cc1. The molecule has 2 aromatic rings. The van der Waals surface area contributed by atoms with Crippen molar-refractivity contribution in [2.75, 3.05) is 38.7 Å². The highest BCUT2D eigenvalue weighted by Crippen LogP contribution is 2.52. The minimum Gasteiger partial charge on any atom is -0.383 e. The van der Waals surface area contributed by atoms with Crippen LogP contribution >= 0.6 is 11.3 Å². The summed E-state index contributed by atoms with van der Waals surface area (Å²) in [5.41, 5.74) is 1.31. The third-order valence-electron chi connectivity index (χ3n) is 7.14. The molecule has 2 aliphatic rings. The van der Waals surface area contributed by atoms with Gasteiger partial charge in [-0.25, -0.2) is 9.37 Å². The molecule has 2 atom stereocenters. The summed E-state index contributed by atoms with van der Waals surface area (Å²) < 4.78 is 18.3. The van der Waals surface area contributed by atoms with Crippen molar-refractivity contribution in [2.45, 2.75) is 52.5 Å². The molecule has 2 unspecified atom stereocenters. The third-order valence-corrected chi connectivity index (χ3v) is 7.95. The van der Waals surface area contributed by atoms with Gasteiger partial charge in [0.1, 0.15) is 12.4 Å². The average molecular weight is 531 g/mol. The van der Waals surface area contributed by atoms with Crippen molar-refractivity contribution in [3.05, 3.63) is 46.7 Å². The molecule has 0 radical (unpaired) electrons. The molecule has 2 bridgehead atoms. The number of ether oxygens (including phenoxy) is 1. The Morgan fingerprint density at radius 2 is 1.95 bits per heavy atom. The lowest BCUT2D eigenvalue weighted by molar-refractivity contribution is -0.131. The van der Waals surface area contributed by atoms with E-state index in [-0.39, 0.29) is 54.5 Å². The van der Waals surface area contributed by atoms with E-state index in [1.54, 1.807) is 5.38 Å². The maximum absolute atomic E-state index is 13.2. The molecule has 3 amide bonds. The van der Waals surface area contributed by atoms with E-state index >= 15 is 0 Å². The third kappa shape index (κ3) is 6.73. The number of nitrogens with one attached hydrogen (secondary N) is 1. The normalized spacial score (nSPS) is 22.1. The number of amides is 3. The highest BCUT2D eigenvalue weighted by Gasteiger charge is 2.50. The van der Waals surface area contributed by atoms with E-state index in [0.29, 0.717) is 10.8 Å². The maximum Gasteiger partial charge on any atom is 0.254 e. The van der Waals surface area contributed by atoms with Gasteiger partial charge in [-0.2, -0.15) is 0 Å². The Balaban J connectivity index is 1.34. The topological polar surface area (TPSA) is 91.8 Å². The number of rotatable bonds is 9. The Kier molecular flexibility index (Phi) is 7.99. The van der Waals surface area contributed by atoms with Gasteiger partial charge < -0.3 is 19.9 Å². The second kappa shape index (κ2) is 10.9. The molecule has 1 aliphatic carbocycles. The lowest BCUT2D eigenvalue weighted by Gasteiger charge is -2.39. The predicted molar refractivity (Wildman–Crippen MR) is 140 cm³/mol. The Labute approximate surface area is 221 Å². The van der Waals surface area contributed by atoms with Gasteiger partial charge in [0.2, 0.25) is 11.8 Å². The van der Waals surface area contributed by atoms with Crippen molar-refractivity contribution < 1.29 is 23.5 Å². The highest BCUT2D eigenvalue weighted by molar-refractivity contribution is 7.13. The quantitative estimate of drug-likeness (QED) is 0.530. The molecule has 1 aromatic carbocycles. The van der Waals surface area contributed by atoms with Crippen LogP contribution in [-0.2, 0) is 20.7 Å². The standard InChI is InChI=1S/C27H35FN4O4S/c1-26(2)12-21-13-27(3,16-26)17-32(21)23(34)11-20-15-37-25(29-20)30-22(33)14-31(9-10-36-4)24(35)18-5-7-19(28)8-6-18/h5-8,15,21H,9-14,16-17H2,1-4H3,(H,29,30,33). The number of thiazole rings is 1. The zero-order valence-electron chi connectivity index (χ0n) is 21.9. The van der Waals surface area contributed by atoms with Crippen LogP contribution < -0.4 is 5.32 Å². The first-order valence-corrected chi connectivity index (χ1v) is 13.4. The summed E-state index contributed by atoms with van der Waals surface area (Å²) in [7, 11) is 1.51. The van der Waals surface area contributed by atoms with Crippen molar-refractivity contribution in [1.82, 2.24) is 14.8 Å². The molecule has 2 heterocycles. The number of anilines is 1. The Hall–Kier alpha value is -2.85. The number of carbonyl (C=O) groups excluding carboxylic acids is 3. The Morgan fingerprint density at radius 3 is 2.65 bits per heavy atom. The van der Waals surface area contributed by atoms with Gasteiger partial charge in [0.25, 0.3) is 5.91 Å². The first-order chi connectivity index (χ1) is 17.5. The lowest BCUT2D eigenvalue weighted by atomic mass is 9.65. The second-order valence-corrected chi connectivity index (χ2v) is 12.2. The first-order valence-electron chi connectivity index (χ1n) is 12.5. The molecule has 0 spiro atoms. The van der Waals surface area contributed by atoms with Crippen LogP contribution in [0.3, 0.4) is 0 Å². The van der Waals surface area contributed by atoms with Crippen LogP contribution in [0, 0.1) is 16.6 Å². The fraction of sp³-hybridized carbons (Fsp3) is 0.556. The van der Waals surface area contributed by atoms with Crippen molar-refractivity contribution in [3.8, 4) is 0 Å². The van der Waals surface area contributed by atoms with Crippen LogP contribution in [0.25, 0.3) is 0 Å². The number of hydrogen-bond donors (Lipinski definition) is 1. The van der Waals surface area contributed by atoms with Gasteiger partial charge in [0, 0.05) is 37.2 Å². The van der Waals surface area contributed by atoms with E-state index in [1.807, 2.05) is 4.90 Å². The van der Waals surface area contributed by atoms with Crippen molar-refractivity contribution in [1.29, 1.82) is 0 Å². The van der Waals surface area contributed by atoms with Crippen LogP contribution in [0.1, 0.15) is 56.1 Å². The average Bonchev–Trinajstić information content (AvgIpc) is 3.35. The van der Waals surface area contributed by atoms with E-state index in [1.165, 1.54) is 47.6 Å². The molecule has 8 nitrogen and oxygen atoms in total. The van der Waals surface area contributed by atoms with Gasteiger partial charge >= 0.3 is 0 Å². The van der Waals surface area contributed by atoms with Crippen LogP contribution in [0.5, 0.6) is 0 Å². The number of hydrogen-bond acceptors (Lipinski definition) is 6. The molecule has 1 saturated heterocycles. The number of halogens is 1. The van der Waals surface area contributed by atoms with Gasteiger partial charge in [0.15, 0.2) is 5.13 Å². The summed E-state index contributed by atoms with van der Waals surface area (Å²) in [5, 5.41) is 4.89. The Morgan fingerprint density at radius 1 is 1.22 bits per heavy atom.